The lowest BCUT2D eigenvalue weighted by atomic mass is 9.85. The summed E-state index contributed by atoms with van der Waals surface area (Å²) < 4.78 is 5.81. The Morgan fingerprint density at radius 2 is 1.84 bits per heavy atom. The third-order valence-electron chi connectivity index (χ3n) is 4.74. The van der Waals surface area contributed by atoms with Gasteiger partial charge in [-0.25, -0.2) is 0 Å². The summed E-state index contributed by atoms with van der Waals surface area (Å²) in [7, 11) is -1.37. The maximum Gasteiger partial charge on any atom is 0.164 e. The molecule has 0 radical (unpaired) electrons. The van der Waals surface area contributed by atoms with Crippen LogP contribution in [0.1, 0.15) is 53.4 Å². The molecule has 0 heterocycles. The van der Waals surface area contributed by atoms with Crippen LogP contribution in [0.2, 0.25) is 18.1 Å². The fourth-order valence-corrected chi connectivity index (χ4v) is 5.22. The third kappa shape index (κ3) is 4.19. The molecule has 1 saturated carbocycles. The summed E-state index contributed by atoms with van der Waals surface area (Å²) in [5.74, 6) is 3.46. The van der Waals surface area contributed by atoms with Crippen LogP contribution in [-0.4, -0.2) is 26.1 Å². The molecule has 0 aromatic rings. The first-order chi connectivity index (χ1) is 9.02. The molecule has 1 rings (SSSR count). The molecule has 108 valence electrons. The number of rotatable bonds is 5. The normalized spacial score (nSPS) is 23.9. The number of Topliss-reactive ketones (excluding diaryl/α,β-unsaturated/α-hetero) is 1. The van der Waals surface area contributed by atoms with Crippen LogP contribution >= 0.6 is 0 Å². The molecule has 1 aliphatic rings. The van der Waals surface area contributed by atoms with Crippen LogP contribution in [0.5, 0.6) is 0 Å². The maximum absolute atomic E-state index is 11.9. The fraction of sp³-hybridized carbons (Fsp3) is 0.812. The standard InChI is InChI=1S/C16H28O2Si/c1-5-19(6-2,7-3)14-10-13-18-16(4)12-9-8-11-15(16)17/h5-9,11-13H2,1-4H3. The molecule has 0 amide bonds. The molecule has 1 unspecified atom stereocenters. The predicted octanol–water partition coefficient (Wildman–Crippen LogP) is 3.96. The van der Waals surface area contributed by atoms with Crippen LogP contribution in [0.15, 0.2) is 0 Å². The van der Waals surface area contributed by atoms with Gasteiger partial charge in [0, 0.05) is 6.42 Å². The van der Waals surface area contributed by atoms with E-state index < -0.39 is 13.7 Å². The highest BCUT2D eigenvalue weighted by molar-refractivity contribution is 6.87. The van der Waals surface area contributed by atoms with Gasteiger partial charge in [0.2, 0.25) is 0 Å². The molecule has 1 atom stereocenters. The summed E-state index contributed by atoms with van der Waals surface area (Å²) in [4.78, 5) is 11.9. The molecule has 19 heavy (non-hydrogen) atoms. The zero-order valence-corrected chi connectivity index (χ0v) is 14.0. The van der Waals surface area contributed by atoms with Gasteiger partial charge >= 0.3 is 0 Å². The van der Waals surface area contributed by atoms with Gasteiger partial charge in [-0.15, -0.1) is 5.54 Å². The zero-order valence-electron chi connectivity index (χ0n) is 13.0. The van der Waals surface area contributed by atoms with Gasteiger partial charge in [0.25, 0.3) is 0 Å². The molecule has 1 fully saturated rings. The molecule has 3 heteroatoms. The molecule has 0 aromatic carbocycles. The van der Waals surface area contributed by atoms with Crippen molar-refractivity contribution in [3.63, 3.8) is 0 Å². The number of hydrogen-bond acceptors (Lipinski definition) is 2. The highest BCUT2D eigenvalue weighted by atomic mass is 28.3. The van der Waals surface area contributed by atoms with Crippen molar-refractivity contribution < 1.29 is 9.53 Å². The van der Waals surface area contributed by atoms with Gasteiger partial charge in [-0.05, 0) is 44.3 Å². The Kier molecular flexibility index (Phi) is 6.29. The van der Waals surface area contributed by atoms with E-state index in [0.29, 0.717) is 13.0 Å². The lowest BCUT2D eigenvalue weighted by molar-refractivity contribution is -0.144. The van der Waals surface area contributed by atoms with Crippen molar-refractivity contribution in [1.29, 1.82) is 0 Å². The first kappa shape index (κ1) is 16.5. The Morgan fingerprint density at radius 1 is 1.21 bits per heavy atom. The molecular weight excluding hydrogens is 252 g/mol. The zero-order chi connectivity index (χ0) is 14.4. The fourth-order valence-electron chi connectivity index (χ4n) is 2.74. The SMILES string of the molecule is CC[Si](C#CCOC1(C)CCCCC1=O)(CC)CC. The van der Waals surface area contributed by atoms with E-state index in [2.05, 4.69) is 32.2 Å². The van der Waals surface area contributed by atoms with Crippen LogP contribution in [0.4, 0.5) is 0 Å². The number of ketones is 1. The molecular formula is C16H28O2Si. The average molecular weight is 280 g/mol. The van der Waals surface area contributed by atoms with Gasteiger partial charge < -0.3 is 4.74 Å². The smallest absolute Gasteiger partial charge is 0.164 e. The van der Waals surface area contributed by atoms with Crippen molar-refractivity contribution in [2.45, 2.75) is 77.1 Å². The second-order valence-corrected chi connectivity index (χ2v) is 10.7. The summed E-state index contributed by atoms with van der Waals surface area (Å²) in [6, 6.07) is 3.63. The average Bonchev–Trinajstić information content (AvgIpc) is 2.44. The van der Waals surface area contributed by atoms with Gasteiger partial charge in [-0.2, -0.15) is 0 Å². The first-order valence-corrected chi connectivity index (χ1v) is 10.3. The molecule has 2 nitrogen and oxygen atoms in total. The van der Waals surface area contributed by atoms with E-state index in [4.69, 9.17) is 4.74 Å². The van der Waals surface area contributed by atoms with Crippen molar-refractivity contribution in [3.8, 4) is 11.5 Å². The highest BCUT2D eigenvalue weighted by Crippen LogP contribution is 2.28. The number of carbonyl (C=O) groups excluding carboxylic acids is 1. The molecule has 0 aliphatic heterocycles. The van der Waals surface area contributed by atoms with Crippen LogP contribution in [0.25, 0.3) is 0 Å². The van der Waals surface area contributed by atoms with Gasteiger partial charge in [-0.1, -0.05) is 26.7 Å². The largest absolute Gasteiger partial charge is 0.355 e. The highest BCUT2D eigenvalue weighted by Gasteiger charge is 2.35. The van der Waals surface area contributed by atoms with E-state index in [-0.39, 0.29) is 5.78 Å². The van der Waals surface area contributed by atoms with Gasteiger partial charge in [0.1, 0.15) is 20.3 Å². The lowest BCUT2D eigenvalue weighted by Gasteiger charge is -2.31. The van der Waals surface area contributed by atoms with E-state index in [1.165, 1.54) is 18.1 Å². The minimum atomic E-state index is -1.37. The number of hydrogen-bond donors (Lipinski definition) is 0. The van der Waals surface area contributed by atoms with Crippen molar-refractivity contribution in [2.24, 2.45) is 0 Å². The van der Waals surface area contributed by atoms with Gasteiger partial charge in [0.05, 0.1) is 0 Å². The summed E-state index contributed by atoms with van der Waals surface area (Å²) in [6.07, 6.45) is 3.63. The summed E-state index contributed by atoms with van der Waals surface area (Å²) in [5, 5.41) is 0. The Balaban J connectivity index is 2.56. The van der Waals surface area contributed by atoms with Crippen LogP contribution in [0, 0.1) is 11.5 Å². The molecule has 0 N–H and O–H groups in total. The summed E-state index contributed by atoms with van der Waals surface area (Å²) in [5.41, 5.74) is 2.94. The van der Waals surface area contributed by atoms with Gasteiger partial charge in [-0.3, -0.25) is 4.79 Å². The van der Waals surface area contributed by atoms with E-state index in [0.717, 1.165) is 19.3 Å². The van der Waals surface area contributed by atoms with Gasteiger partial charge in [0.15, 0.2) is 5.78 Å². The second kappa shape index (κ2) is 7.26. The third-order valence-corrected chi connectivity index (χ3v) is 9.51. The quantitative estimate of drug-likeness (QED) is 0.563. The minimum Gasteiger partial charge on any atom is -0.355 e. The second-order valence-electron chi connectivity index (χ2n) is 5.79. The van der Waals surface area contributed by atoms with Crippen molar-refractivity contribution in [2.75, 3.05) is 6.61 Å². The summed E-state index contributed by atoms with van der Waals surface area (Å²) >= 11 is 0. The molecule has 0 spiro atoms. The Labute approximate surface area is 119 Å². The van der Waals surface area contributed by atoms with Crippen LogP contribution in [-0.2, 0) is 9.53 Å². The van der Waals surface area contributed by atoms with Crippen LogP contribution < -0.4 is 0 Å². The Hall–Kier alpha value is -0.593. The Bertz CT molecular complexity index is 354. The Morgan fingerprint density at radius 3 is 2.37 bits per heavy atom. The number of carbonyl (C=O) groups is 1. The molecule has 1 aliphatic carbocycles. The van der Waals surface area contributed by atoms with E-state index in [1.54, 1.807) is 0 Å². The monoisotopic (exact) mass is 280 g/mol. The van der Waals surface area contributed by atoms with E-state index in [1.807, 2.05) is 6.92 Å². The summed E-state index contributed by atoms with van der Waals surface area (Å²) in [6.45, 7) is 9.10. The van der Waals surface area contributed by atoms with E-state index >= 15 is 0 Å². The molecule has 0 bridgehead atoms. The van der Waals surface area contributed by atoms with Crippen molar-refractivity contribution in [1.82, 2.24) is 0 Å². The maximum atomic E-state index is 11.9. The van der Waals surface area contributed by atoms with Crippen LogP contribution in [0.3, 0.4) is 0 Å². The number of ether oxygens (including phenoxy) is 1. The lowest BCUT2D eigenvalue weighted by Crippen LogP contribution is -2.41. The van der Waals surface area contributed by atoms with E-state index in [9.17, 15) is 4.79 Å². The molecule has 0 saturated heterocycles. The molecule has 0 aromatic heterocycles. The minimum absolute atomic E-state index is 0.255. The topological polar surface area (TPSA) is 26.3 Å². The van der Waals surface area contributed by atoms with Crippen molar-refractivity contribution >= 4 is 13.9 Å². The predicted molar refractivity (Wildman–Crippen MR) is 82.8 cm³/mol. The van der Waals surface area contributed by atoms with Crippen molar-refractivity contribution in [3.05, 3.63) is 0 Å². The first-order valence-electron chi connectivity index (χ1n) is 7.69.